The zero-order valence-electron chi connectivity index (χ0n) is 15.7. The first kappa shape index (κ1) is 20.3. The Balaban J connectivity index is 1.65. The zero-order chi connectivity index (χ0) is 20.3. The second kappa shape index (κ2) is 8.29. The number of halogens is 3. The molecular weight excluding hydrogens is 377 g/mol. The van der Waals surface area contributed by atoms with E-state index in [1.54, 1.807) is 13.2 Å². The van der Waals surface area contributed by atoms with Crippen molar-refractivity contribution >= 4 is 17.4 Å². The lowest BCUT2D eigenvalue weighted by atomic mass is 9.95. The minimum atomic E-state index is -4.63. The number of nitrogens with one attached hydrogen (secondary N) is 1. The summed E-state index contributed by atoms with van der Waals surface area (Å²) in [7, 11) is 1.59. The van der Waals surface area contributed by atoms with E-state index in [0.717, 1.165) is 6.42 Å². The van der Waals surface area contributed by atoms with Gasteiger partial charge < -0.3 is 15.0 Å². The predicted molar refractivity (Wildman–Crippen MR) is 94.8 cm³/mol. The number of aromatic nitrogens is 4. The summed E-state index contributed by atoms with van der Waals surface area (Å²) in [4.78, 5) is 14.3. The van der Waals surface area contributed by atoms with E-state index >= 15 is 0 Å². The molecule has 28 heavy (non-hydrogen) atoms. The number of methoxy groups -OCH3 is 1. The smallest absolute Gasteiger partial charge is 0.383 e. The molecule has 1 N–H and O–H groups in total. The fraction of sp³-hybridized carbons (Fsp3) is 0.647. The Labute approximate surface area is 160 Å². The molecule has 8 nitrogen and oxygen atoms in total. The fourth-order valence-corrected chi connectivity index (χ4v) is 3.28. The molecule has 2 aromatic rings. The summed E-state index contributed by atoms with van der Waals surface area (Å²) in [6.07, 6.45) is -2.65. The number of alkyl halides is 3. The number of nitrogens with zero attached hydrogens (tertiary/aromatic N) is 5. The highest BCUT2D eigenvalue weighted by atomic mass is 19.4. The molecule has 1 aliphatic heterocycles. The van der Waals surface area contributed by atoms with Gasteiger partial charge in [-0.3, -0.25) is 4.79 Å². The lowest BCUT2D eigenvalue weighted by Crippen LogP contribution is -2.45. The number of ether oxygens (including phenoxy) is 1. The van der Waals surface area contributed by atoms with Crippen LogP contribution in [0.15, 0.2) is 12.1 Å². The van der Waals surface area contributed by atoms with Gasteiger partial charge in [-0.25, -0.2) is 0 Å². The molecule has 1 amide bonds. The highest BCUT2D eigenvalue weighted by molar-refractivity contribution is 5.79. The molecule has 1 atom stereocenters. The normalized spacial score (nSPS) is 17.1. The van der Waals surface area contributed by atoms with E-state index < -0.39 is 12.0 Å². The summed E-state index contributed by atoms with van der Waals surface area (Å²) in [5.74, 6) is -0.887. The molecule has 0 saturated carbocycles. The van der Waals surface area contributed by atoms with Crippen LogP contribution in [0.5, 0.6) is 0 Å². The second-order valence-corrected chi connectivity index (χ2v) is 6.81. The van der Waals surface area contributed by atoms with Crippen LogP contribution in [-0.4, -0.2) is 58.6 Å². The maximum atomic E-state index is 13.0. The minimum Gasteiger partial charge on any atom is -0.383 e. The third kappa shape index (κ3) is 4.34. The van der Waals surface area contributed by atoms with E-state index in [4.69, 9.17) is 4.74 Å². The largest absolute Gasteiger partial charge is 0.453 e. The van der Waals surface area contributed by atoms with Crippen molar-refractivity contribution in [1.82, 2.24) is 25.1 Å². The summed E-state index contributed by atoms with van der Waals surface area (Å²) in [6, 6.07) is 3.06. The first-order chi connectivity index (χ1) is 13.3. The van der Waals surface area contributed by atoms with Gasteiger partial charge in [0.05, 0.1) is 12.6 Å². The van der Waals surface area contributed by atoms with Gasteiger partial charge in [-0.2, -0.15) is 17.7 Å². The van der Waals surface area contributed by atoms with Crippen molar-refractivity contribution in [3.05, 3.63) is 18.0 Å². The molecule has 11 heteroatoms. The van der Waals surface area contributed by atoms with E-state index in [1.807, 2.05) is 11.8 Å². The lowest BCUT2D eigenvalue weighted by Gasteiger charge is -2.32. The standard InChI is InChI=1S/C17H23F3N6O2/c1-3-12(10-28-2)21-15(27)11-6-8-25(9-7-11)14-5-4-13-22-23-16(17(18,19)20)26(13)24-14/h4-5,11-12H,3,6-10H2,1-2H3,(H,21,27). The number of piperidine rings is 1. The summed E-state index contributed by atoms with van der Waals surface area (Å²) in [5, 5.41) is 13.7. The van der Waals surface area contributed by atoms with Crippen LogP contribution in [0.25, 0.3) is 5.65 Å². The zero-order valence-corrected chi connectivity index (χ0v) is 15.7. The Bertz CT molecular complexity index is 817. The van der Waals surface area contributed by atoms with Gasteiger partial charge in [0, 0.05) is 26.1 Å². The Morgan fingerprint density at radius 3 is 2.64 bits per heavy atom. The number of fused-ring (bicyclic) bond motifs is 1. The Hall–Kier alpha value is -2.43. The van der Waals surface area contributed by atoms with Gasteiger partial charge in [-0.1, -0.05) is 6.92 Å². The number of carbonyl (C=O) groups is 1. The average Bonchev–Trinajstić information content (AvgIpc) is 3.11. The van der Waals surface area contributed by atoms with Crippen molar-refractivity contribution in [2.45, 2.75) is 38.4 Å². The van der Waals surface area contributed by atoms with Crippen LogP contribution < -0.4 is 10.2 Å². The van der Waals surface area contributed by atoms with Crippen LogP contribution in [0.4, 0.5) is 19.0 Å². The maximum Gasteiger partial charge on any atom is 0.453 e. The molecule has 1 unspecified atom stereocenters. The summed E-state index contributed by atoms with van der Waals surface area (Å²) >= 11 is 0. The van der Waals surface area contributed by atoms with Crippen molar-refractivity contribution < 1.29 is 22.7 Å². The van der Waals surface area contributed by atoms with Crippen LogP contribution in [-0.2, 0) is 15.7 Å². The summed E-state index contributed by atoms with van der Waals surface area (Å²) in [6.45, 7) is 3.50. The Kier molecular flexibility index (Phi) is 6.01. The molecule has 0 spiro atoms. The maximum absolute atomic E-state index is 13.0. The topological polar surface area (TPSA) is 84.6 Å². The second-order valence-electron chi connectivity index (χ2n) is 6.81. The van der Waals surface area contributed by atoms with Crippen molar-refractivity contribution in [1.29, 1.82) is 0 Å². The lowest BCUT2D eigenvalue weighted by molar-refractivity contribution is -0.146. The quantitative estimate of drug-likeness (QED) is 0.797. The van der Waals surface area contributed by atoms with Crippen LogP contribution in [0.2, 0.25) is 0 Å². The number of amides is 1. The van der Waals surface area contributed by atoms with Gasteiger partial charge in [0.1, 0.15) is 5.82 Å². The van der Waals surface area contributed by atoms with Crippen molar-refractivity contribution in [3.8, 4) is 0 Å². The fourth-order valence-electron chi connectivity index (χ4n) is 3.28. The average molecular weight is 400 g/mol. The Morgan fingerprint density at radius 1 is 1.32 bits per heavy atom. The number of hydrogen-bond donors (Lipinski definition) is 1. The van der Waals surface area contributed by atoms with Gasteiger partial charge in [0.25, 0.3) is 5.82 Å². The van der Waals surface area contributed by atoms with E-state index in [9.17, 15) is 18.0 Å². The first-order valence-electron chi connectivity index (χ1n) is 9.17. The molecule has 3 heterocycles. The molecule has 1 saturated heterocycles. The molecule has 0 bridgehead atoms. The molecule has 3 rings (SSSR count). The minimum absolute atomic E-state index is 0.00914. The molecule has 1 fully saturated rings. The predicted octanol–water partition coefficient (Wildman–Crippen LogP) is 1.90. The SMILES string of the molecule is CCC(COC)NC(=O)C1CCN(c2ccc3nnc(C(F)(F)F)n3n2)CC1. The van der Waals surface area contributed by atoms with Crippen molar-refractivity contribution in [3.63, 3.8) is 0 Å². The highest BCUT2D eigenvalue weighted by Crippen LogP contribution is 2.28. The van der Waals surface area contributed by atoms with Crippen LogP contribution >= 0.6 is 0 Å². The molecule has 154 valence electrons. The number of carbonyl (C=O) groups excluding carboxylic acids is 1. The van der Waals surface area contributed by atoms with E-state index in [2.05, 4.69) is 20.6 Å². The third-order valence-corrected chi connectivity index (χ3v) is 4.90. The third-order valence-electron chi connectivity index (χ3n) is 4.90. The molecule has 0 aliphatic carbocycles. The molecule has 0 aromatic carbocycles. The monoisotopic (exact) mass is 400 g/mol. The number of rotatable bonds is 6. The van der Waals surface area contributed by atoms with Crippen LogP contribution in [0.3, 0.4) is 0 Å². The Morgan fingerprint density at radius 2 is 2.04 bits per heavy atom. The van der Waals surface area contributed by atoms with Crippen molar-refractivity contribution in [2.24, 2.45) is 5.92 Å². The summed E-state index contributed by atoms with van der Waals surface area (Å²) < 4.78 is 44.9. The van der Waals surface area contributed by atoms with E-state index in [-0.39, 0.29) is 23.5 Å². The molecule has 0 radical (unpaired) electrons. The van der Waals surface area contributed by atoms with Crippen LogP contribution in [0.1, 0.15) is 32.0 Å². The van der Waals surface area contributed by atoms with Crippen LogP contribution in [0, 0.1) is 5.92 Å². The summed E-state index contributed by atoms with van der Waals surface area (Å²) in [5.41, 5.74) is 0.0362. The molecule has 2 aromatic heterocycles. The van der Waals surface area contributed by atoms with E-state index in [0.29, 0.717) is 42.9 Å². The molecule has 1 aliphatic rings. The number of hydrogen-bond acceptors (Lipinski definition) is 6. The molecular formula is C17H23F3N6O2. The van der Waals surface area contributed by atoms with Gasteiger partial charge in [0.15, 0.2) is 5.65 Å². The van der Waals surface area contributed by atoms with Gasteiger partial charge in [-0.05, 0) is 31.4 Å². The van der Waals surface area contributed by atoms with Gasteiger partial charge in [-0.15, -0.1) is 15.3 Å². The highest BCUT2D eigenvalue weighted by Gasteiger charge is 2.38. The number of anilines is 1. The van der Waals surface area contributed by atoms with Gasteiger partial charge >= 0.3 is 6.18 Å². The van der Waals surface area contributed by atoms with Crippen molar-refractivity contribution in [2.75, 3.05) is 31.7 Å². The van der Waals surface area contributed by atoms with Gasteiger partial charge in [0.2, 0.25) is 5.91 Å². The first-order valence-corrected chi connectivity index (χ1v) is 9.17. The van der Waals surface area contributed by atoms with E-state index in [1.165, 1.54) is 6.07 Å².